The highest BCUT2D eigenvalue weighted by Gasteiger charge is 2.27. The maximum Gasteiger partial charge on any atom is 0.141 e. The molecule has 0 bridgehead atoms. The van der Waals surface area contributed by atoms with Gasteiger partial charge in [-0.2, -0.15) is 0 Å². The Morgan fingerprint density at radius 2 is 2.00 bits per heavy atom. The van der Waals surface area contributed by atoms with Gasteiger partial charge in [0.2, 0.25) is 0 Å². The molecule has 1 aliphatic carbocycles. The van der Waals surface area contributed by atoms with Gasteiger partial charge in [0, 0.05) is 29.0 Å². The molecule has 3 heteroatoms. The van der Waals surface area contributed by atoms with E-state index in [0.717, 1.165) is 40.0 Å². The Balaban J connectivity index is 1.99. The molecule has 0 spiro atoms. The lowest BCUT2D eigenvalue weighted by molar-refractivity contribution is 0.200. The first-order valence-corrected chi connectivity index (χ1v) is 6.09. The summed E-state index contributed by atoms with van der Waals surface area (Å²) in [5.74, 6) is 2.07. The lowest BCUT2D eigenvalue weighted by atomic mass is 9.95. The van der Waals surface area contributed by atoms with Gasteiger partial charge in [-0.15, -0.1) is 0 Å². The van der Waals surface area contributed by atoms with E-state index in [1.54, 1.807) is 6.08 Å². The molecular formula is C15H12O3. The van der Waals surface area contributed by atoms with Crippen LogP contribution in [0, 0.1) is 0 Å². The number of hydrogen-bond acceptors (Lipinski definition) is 3. The van der Waals surface area contributed by atoms with Crippen LogP contribution in [0.15, 0.2) is 46.3 Å². The van der Waals surface area contributed by atoms with Gasteiger partial charge in [-0.1, -0.05) is 18.2 Å². The maximum atomic E-state index is 9.55. The number of fused-ring (bicyclic) bond motifs is 4. The highest BCUT2D eigenvalue weighted by molar-refractivity contribution is 5.88. The zero-order chi connectivity index (χ0) is 12.1. The zero-order valence-electron chi connectivity index (χ0n) is 9.77. The number of aliphatic hydroxyl groups excluding tert-OH is 1. The van der Waals surface area contributed by atoms with E-state index in [1.807, 2.05) is 18.2 Å². The number of ether oxygens (including phenoxy) is 1. The fourth-order valence-corrected chi connectivity index (χ4v) is 2.68. The van der Waals surface area contributed by atoms with Crippen molar-refractivity contribution >= 4 is 16.5 Å². The molecule has 0 saturated carbocycles. The van der Waals surface area contributed by atoms with Gasteiger partial charge in [0.05, 0.1) is 5.76 Å². The molecule has 3 nitrogen and oxygen atoms in total. The Hall–Kier alpha value is -2.16. The summed E-state index contributed by atoms with van der Waals surface area (Å²) < 4.78 is 11.7. The minimum absolute atomic E-state index is 0.383. The third kappa shape index (κ3) is 1.24. The largest absolute Gasteiger partial charge is 0.512 e. The second kappa shape index (κ2) is 3.42. The molecule has 0 unspecified atom stereocenters. The first-order chi connectivity index (χ1) is 8.83. The molecule has 1 N–H and O–H groups in total. The van der Waals surface area contributed by atoms with Crippen molar-refractivity contribution in [1.82, 2.24) is 0 Å². The highest BCUT2D eigenvalue weighted by Crippen LogP contribution is 2.41. The summed E-state index contributed by atoms with van der Waals surface area (Å²) in [5, 5.41) is 10.7. The van der Waals surface area contributed by atoms with Gasteiger partial charge in [0.25, 0.3) is 0 Å². The van der Waals surface area contributed by atoms with Crippen molar-refractivity contribution < 1.29 is 14.3 Å². The van der Waals surface area contributed by atoms with Gasteiger partial charge >= 0.3 is 0 Å². The van der Waals surface area contributed by atoms with Crippen LogP contribution in [0.5, 0.6) is 0 Å². The van der Waals surface area contributed by atoms with Crippen molar-refractivity contribution in [3.05, 3.63) is 53.2 Å². The molecule has 0 saturated heterocycles. The van der Waals surface area contributed by atoms with Gasteiger partial charge in [0.15, 0.2) is 0 Å². The van der Waals surface area contributed by atoms with Crippen LogP contribution in [-0.4, -0.2) is 5.11 Å². The van der Waals surface area contributed by atoms with Gasteiger partial charge in [-0.3, -0.25) is 0 Å². The third-order valence-corrected chi connectivity index (χ3v) is 3.57. The topological polar surface area (TPSA) is 42.6 Å². The zero-order valence-corrected chi connectivity index (χ0v) is 9.77. The van der Waals surface area contributed by atoms with Crippen molar-refractivity contribution in [3.63, 3.8) is 0 Å². The normalized spacial score (nSPS) is 18.1. The Kier molecular flexibility index (Phi) is 1.87. The second-order valence-electron chi connectivity index (χ2n) is 4.67. The lowest BCUT2D eigenvalue weighted by Gasteiger charge is -2.22. The van der Waals surface area contributed by atoms with Crippen molar-refractivity contribution in [2.24, 2.45) is 0 Å². The molecule has 2 aromatic rings. The number of aliphatic hydroxyl groups is 1. The van der Waals surface area contributed by atoms with E-state index < -0.39 is 0 Å². The van der Waals surface area contributed by atoms with E-state index in [2.05, 4.69) is 6.07 Å². The van der Waals surface area contributed by atoms with E-state index >= 15 is 0 Å². The number of benzene rings is 1. The lowest BCUT2D eigenvalue weighted by Crippen LogP contribution is -2.08. The van der Waals surface area contributed by atoms with Gasteiger partial charge < -0.3 is 14.3 Å². The SMILES string of the molecule is OC1=CC2=C(CC1)c1oc3ccccc3c1CO2. The molecule has 1 aromatic carbocycles. The number of para-hydroxylation sites is 1. The predicted molar refractivity (Wildman–Crippen MR) is 67.9 cm³/mol. The highest BCUT2D eigenvalue weighted by atomic mass is 16.5. The van der Waals surface area contributed by atoms with Crippen LogP contribution in [0.3, 0.4) is 0 Å². The quantitative estimate of drug-likeness (QED) is 0.759. The van der Waals surface area contributed by atoms with Crippen LogP contribution in [0.1, 0.15) is 24.2 Å². The van der Waals surface area contributed by atoms with Crippen LogP contribution in [0.2, 0.25) is 0 Å². The molecule has 0 amide bonds. The molecule has 18 heavy (non-hydrogen) atoms. The minimum Gasteiger partial charge on any atom is -0.512 e. The molecular weight excluding hydrogens is 228 g/mol. The van der Waals surface area contributed by atoms with Crippen LogP contribution in [0.4, 0.5) is 0 Å². The van der Waals surface area contributed by atoms with E-state index in [4.69, 9.17) is 9.15 Å². The molecule has 0 atom stereocenters. The summed E-state index contributed by atoms with van der Waals surface area (Å²) in [7, 11) is 0. The molecule has 2 aliphatic rings. The Morgan fingerprint density at radius 1 is 1.11 bits per heavy atom. The molecule has 90 valence electrons. The van der Waals surface area contributed by atoms with Crippen LogP contribution in [-0.2, 0) is 11.3 Å². The van der Waals surface area contributed by atoms with Gasteiger partial charge in [0.1, 0.15) is 23.7 Å². The molecule has 0 radical (unpaired) electrons. The van der Waals surface area contributed by atoms with Crippen molar-refractivity contribution in [2.75, 3.05) is 0 Å². The summed E-state index contributed by atoms with van der Waals surface area (Å²) >= 11 is 0. The summed E-state index contributed by atoms with van der Waals surface area (Å²) in [6.45, 7) is 0.509. The molecule has 2 heterocycles. The van der Waals surface area contributed by atoms with Crippen LogP contribution >= 0.6 is 0 Å². The van der Waals surface area contributed by atoms with Crippen molar-refractivity contribution in [1.29, 1.82) is 0 Å². The fourth-order valence-electron chi connectivity index (χ4n) is 2.68. The maximum absolute atomic E-state index is 9.55. The Labute approximate surface area is 104 Å². The predicted octanol–water partition coefficient (Wildman–Crippen LogP) is 3.91. The van der Waals surface area contributed by atoms with Crippen LogP contribution < -0.4 is 0 Å². The van der Waals surface area contributed by atoms with Crippen molar-refractivity contribution in [2.45, 2.75) is 19.4 Å². The van der Waals surface area contributed by atoms with E-state index in [-0.39, 0.29) is 0 Å². The van der Waals surface area contributed by atoms with Crippen LogP contribution in [0.25, 0.3) is 16.5 Å². The molecule has 0 fully saturated rings. The first-order valence-electron chi connectivity index (χ1n) is 6.09. The number of allylic oxidation sites excluding steroid dienone is 3. The second-order valence-corrected chi connectivity index (χ2v) is 4.67. The van der Waals surface area contributed by atoms with Gasteiger partial charge in [-0.25, -0.2) is 0 Å². The number of furan rings is 1. The third-order valence-electron chi connectivity index (χ3n) is 3.57. The molecule has 4 rings (SSSR count). The average molecular weight is 240 g/mol. The van der Waals surface area contributed by atoms with Gasteiger partial charge in [-0.05, 0) is 12.5 Å². The first kappa shape index (κ1) is 9.83. The Morgan fingerprint density at radius 3 is 2.94 bits per heavy atom. The summed E-state index contributed by atoms with van der Waals surface area (Å²) in [6.07, 6.45) is 3.12. The summed E-state index contributed by atoms with van der Waals surface area (Å²) in [4.78, 5) is 0. The summed E-state index contributed by atoms with van der Waals surface area (Å²) in [5.41, 5.74) is 3.10. The summed E-state index contributed by atoms with van der Waals surface area (Å²) in [6, 6.07) is 8.02. The fraction of sp³-hybridized carbons (Fsp3) is 0.200. The molecule has 1 aromatic heterocycles. The van der Waals surface area contributed by atoms with E-state index in [9.17, 15) is 5.11 Å². The Bertz CT molecular complexity index is 704. The number of hydrogen-bond donors (Lipinski definition) is 1. The van der Waals surface area contributed by atoms with Crippen molar-refractivity contribution in [3.8, 4) is 0 Å². The monoisotopic (exact) mass is 240 g/mol. The minimum atomic E-state index is 0.383. The average Bonchev–Trinajstić information content (AvgIpc) is 2.77. The number of rotatable bonds is 0. The van der Waals surface area contributed by atoms with E-state index in [1.165, 1.54) is 0 Å². The standard InChI is InChI=1S/C15H12O3/c16-9-5-6-11-14(7-9)17-8-12-10-3-1-2-4-13(10)18-15(11)12/h1-4,7,16H,5-6,8H2. The smallest absolute Gasteiger partial charge is 0.141 e. The molecule has 1 aliphatic heterocycles. The van der Waals surface area contributed by atoms with E-state index in [0.29, 0.717) is 18.8 Å².